The maximum Gasteiger partial charge on any atom is 0.276 e. The van der Waals surface area contributed by atoms with Crippen LogP contribution >= 0.6 is 0 Å². The highest BCUT2D eigenvalue weighted by Gasteiger charge is 2.43. The first-order valence-corrected chi connectivity index (χ1v) is 19.5. The number of anilines is 1. The van der Waals surface area contributed by atoms with Gasteiger partial charge in [0, 0.05) is 43.3 Å². The normalized spacial score (nSPS) is 27.4. The number of nitrogens with zero attached hydrogens (tertiary/aromatic N) is 4. The number of piperidine rings is 1. The van der Waals surface area contributed by atoms with Gasteiger partial charge < -0.3 is 15.0 Å². The summed E-state index contributed by atoms with van der Waals surface area (Å²) in [5, 5.41) is 4.11. The van der Waals surface area contributed by atoms with Crippen molar-refractivity contribution in [3.63, 3.8) is 0 Å². The molecule has 3 aromatic rings. The lowest BCUT2D eigenvalue weighted by molar-refractivity contribution is -0.0861. The van der Waals surface area contributed by atoms with Crippen LogP contribution in [0.2, 0.25) is 0 Å². The number of alkyl halides is 2. The van der Waals surface area contributed by atoms with Gasteiger partial charge in [0.1, 0.15) is 27.6 Å². The second-order valence-electron chi connectivity index (χ2n) is 14.0. The predicted octanol–water partition coefficient (Wildman–Crippen LogP) is 6.43. The van der Waals surface area contributed by atoms with Crippen molar-refractivity contribution in [3.8, 4) is 0 Å². The predicted molar refractivity (Wildman–Crippen MR) is 184 cm³/mol. The number of halogens is 2. The average molecular weight is 686 g/mol. The van der Waals surface area contributed by atoms with Crippen LogP contribution in [0.25, 0.3) is 11.0 Å². The molecule has 1 aromatic carbocycles. The first-order chi connectivity index (χ1) is 23.1. The fourth-order valence-electron chi connectivity index (χ4n) is 7.78. The maximum atomic E-state index is 16.0. The Hall–Kier alpha value is -2.96. The van der Waals surface area contributed by atoms with Crippen molar-refractivity contribution in [2.24, 2.45) is 5.92 Å². The highest BCUT2D eigenvalue weighted by molar-refractivity contribution is 7.91. The van der Waals surface area contributed by atoms with E-state index in [1.807, 2.05) is 19.1 Å². The van der Waals surface area contributed by atoms with Gasteiger partial charge in [0.15, 0.2) is 0 Å². The summed E-state index contributed by atoms with van der Waals surface area (Å²) in [5.41, 5.74) is 1.71. The smallest absolute Gasteiger partial charge is 0.276 e. The van der Waals surface area contributed by atoms with Gasteiger partial charge in [0.2, 0.25) is 0 Å². The van der Waals surface area contributed by atoms with Crippen LogP contribution in [-0.2, 0) is 27.0 Å². The molecule has 2 fully saturated rings. The van der Waals surface area contributed by atoms with E-state index in [0.717, 1.165) is 45.1 Å². The van der Waals surface area contributed by atoms with Gasteiger partial charge in [-0.2, -0.15) is 0 Å². The van der Waals surface area contributed by atoms with E-state index >= 15 is 8.78 Å². The molecule has 6 heterocycles. The van der Waals surface area contributed by atoms with Crippen LogP contribution in [0.4, 0.5) is 14.6 Å². The van der Waals surface area contributed by atoms with Crippen LogP contribution in [-0.4, -0.2) is 72.2 Å². The molecule has 2 atom stereocenters. The van der Waals surface area contributed by atoms with Gasteiger partial charge in [-0.15, -0.1) is 0 Å². The van der Waals surface area contributed by atoms with Gasteiger partial charge in [-0.05, 0) is 88.6 Å². The Labute approximate surface area is 282 Å². The standard InChI is InChI=1S/C36H49F2N5O4S/c1-25-27-8-7-9-29(22-27)36(37,38)28-11-17-42(18-12-28)19-13-30(47-2)10-5-3-4-6-16-43-34-32(33(41-25)39-24-40-34)23-31(35(43)44)26-14-20-48(45,46)21-15-26/h7-9,22-26,28,30H,3-6,10-21H2,1-2H3,(H,39,40,41)/t25-,30-/m1/s1. The second-order valence-corrected chi connectivity index (χ2v) is 16.3. The number of aryl methyl sites for hydroxylation is 1. The average Bonchev–Trinajstić information content (AvgIpc) is 3.08. The van der Waals surface area contributed by atoms with Gasteiger partial charge in [-0.3, -0.25) is 9.36 Å². The Kier molecular flexibility index (Phi) is 10.8. The molecule has 4 aliphatic heterocycles. The lowest BCUT2D eigenvalue weighted by atomic mass is 9.85. The molecule has 9 nitrogen and oxygen atoms in total. The number of benzene rings is 1. The summed E-state index contributed by atoms with van der Waals surface area (Å²) in [5.74, 6) is -3.22. The summed E-state index contributed by atoms with van der Waals surface area (Å²) in [6.45, 7) is 4.57. The fourth-order valence-corrected chi connectivity index (χ4v) is 9.27. The minimum atomic E-state index is -3.11. The summed E-state index contributed by atoms with van der Waals surface area (Å²) >= 11 is 0. The molecule has 8 bridgehead atoms. The third-order valence-corrected chi connectivity index (χ3v) is 12.6. The first kappa shape index (κ1) is 34.9. The zero-order valence-corrected chi connectivity index (χ0v) is 29.0. The van der Waals surface area contributed by atoms with Gasteiger partial charge in [-0.25, -0.2) is 27.2 Å². The Bertz CT molecular complexity index is 1730. The van der Waals surface area contributed by atoms with E-state index < -0.39 is 21.7 Å². The van der Waals surface area contributed by atoms with Gasteiger partial charge >= 0.3 is 0 Å². The zero-order chi connectivity index (χ0) is 33.9. The summed E-state index contributed by atoms with van der Waals surface area (Å²) in [6, 6.07) is 8.15. The van der Waals surface area contributed by atoms with Crippen molar-refractivity contribution in [1.29, 1.82) is 0 Å². The second kappa shape index (κ2) is 14.9. The monoisotopic (exact) mass is 685 g/mol. The minimum Gasteiger partial charge on any atom is -0.381 e. The van der Waals surface area contributed by atoms with Crippen molar-refractivity contribution in [3.05, 3.63) is 63.7 Å². The number of rotatable bonds is 2. The van der Waals surface area contributed by atoms with Gasteiger partial charge in [-0.1, -0.05) is 37.5 Å². The van der Waals surface area contributed by atoms with Crippen molar-refractivity contribution in [2.75, 3.05) is 43.6 Å². The van der Waals surface area contributed by atoms with Crippen LogP contribution in [0.1, 0.15) is 99.8 Å². The molecule has 7 rings (SSSR count). The molecule has 48 heavy (non-hydrogen) atoms. The van der Waals surface area contributed by atoms with Crippen LogP contribution in [0, 0.1) is 5.92 Å². The van der Waals surface area contributed by atoms with E-state index in [9.17, 15) is 13.2 Å². The third kappa shape index (κ3) is 7.75. The summed E-state index contributed by atoms with van der Waals surface area (Å²) < 4.78 is 64.0. The number of sulfone groups is 1. The van der Waals surface area contributed by atoms with Crippen molar-refractivity contribution >= 4 is 26.7 Å². The highest BCUT2D eigenvalue weighted by atomic mass is 32.2. The SMILES string of the molecule is CO[C@@H]1CCCCCCn2c(=O)c(C3CCS(=O)(=O)CC3)cc3c(ncnc32)N[C@H](C)c2cccc(c2)C(F)(F)C2CCN(CC2)CC1. The number of methoxy groups -OCH3 is 1. The van der Waals surface area contributed by atoms with E-state index in [1.54, 1.807) is 23.8 Å². The van der Waals surface area contributed by atoms with Gasteiger partial charge in [0.25, 0.3) is 11.5 Å². The lowest BCUT2D eigenvalue weighted by Gasteiger charge is -2.36. The molecule has 0 saturated carbocycles. The Balaban J connectivity index is 1.36. The molecule has 262 valence electrons. The third-order valence-electron chi connectivity index (χ3n) is 10.9. The Morgan fingerprint density at radius 1 is 0.917 bits per heavy atom. The number of nitrogens with one attached hydrogen (secondary N) is 1. The molecule has 2 saturated heterocycles. The number of aromatic nitrogens is 3. The summed E-state index contributed by atoms with van der Waals surface area (Å²) in [4.78, 5) is 25.4. The quantitative estimate of drug-likeness (QED) is 0.329. The summed E-state index contributed by atoms with van der Waals surface area (Å²) in [6.07, 6.45) is 8.83. The molecular formula is C36H49F2N5O4S. The molecule has 0 spiro atoms. The zero-order valence-electron chi connectivity index (χ0n) is 28.2. The topological polar surface area (TPSA) is 106 Å². The van der Waals surface area contributed by atoms with Crippen LogP contribution in [0.3, 0.4) is 0 Å². The van der Waals surface area contributed by atoms with Crippen molar-refractivity contribution < 1.29 is 21.9 Å². The fraction of sp³-hybridized carbons (Fsp3) is 0.639. The number of ether oxygens (including phenoxy) is 1. The van der Waals surface area contributed by atoms with Crippen LogP contribution < -0.4 is 10.9 Å². The number of hydrogen-bond acceptors (Lipinski definition) is 8. The van der Waals surface area contributed by atoms with Crippen molar-refractivity contribution in [1.82, 2.24) is 19.4 Å². The van der Waals surface area contributed by atoms with E-state index in [-0.39, 0.29) is 40.7 Å². The lowest BCUT2D eigenvalue weighted by Crippen LogP contribution is -2.40. The molecule has 0 aliphatic carbocycles. The minimum absolute atomic E-state index is 0.0286. The first-order valence-electron chi connectivity index (χ1n) is 17.6. The van der Waals surface area contributed by atoms with E-state index in [4.69, 9.17) is 4.74 Å². The molecule has 4 aliphatic rings. The van der Waals surface area contributed by atoms with E-state index in [0.29, 0.717) is 73.3 Å². The number of pyridine rings is 1. The molecule has 0 amide bonds. The van der Waals surface area contributed by atoms with Crippen molar-refractivity contribution in [2.45, 2.75) is 102 Å². The van der Waals surface area contributed by atoms with E-state index in [1.165, 1.54) is 12.4 Å². The number of hydrogen-bond donors (Lipinski definition) is 1. The molecule has 0 radical (unpaired) electrons. The Morgan fingerprint density at radius 3 is 2.40 bits per heavy atom. The van der Waals surface area contributed by atoms with Gasteiger partial charge in [0.05, 0.1) is 23.0 Å². The molecular weight excluding hydrogens is 636 g/mol. The van der Waals surface area contributed by atoms with Crippen LogP contribution in [0.5, 0.6) is 0 Å². The molecule has 12 heteroatoms. The summed E-state index contributed by atoms with van der Waals surface area (Å²) in [7, 11) is -1.36. The largest absolute Gasteiger partial charge is 0.381 e. The number of fused-ring (bicyclic) bond motifs is 11. The van der Waals surface area contributed by atoms with Crippen LogP contribution in [0.15, 0.2) is 41.5 Å². The van der Waals surface area contributed by atoms with E-state index in [2.05, 4.69) is 20.2 Å². The molecule has 0 unspecified atom stereocenters. The highest BCUT2D eigenvalue weighted by Crippen LogP contribution is 2.42. The maximum absolute atomic E-state index is 16.0. The molecule has 2 aromatic heterocycles. The molecule has 1 N–H and O–H groups in total. The Morgan fingerprint density at radius 2 is 1.65 bits per heavy atom.